The minimum atomic E-state index is -2.05. The van der Waals surface area contributed by atoms with E-state index in [9.17, 15) is 18.8 Å². The van der Waals surface area contributed by atoms with Gasteiger partial charge in [-0.3, -0.25) is 14.7 Å². The smallest absolute Gasteiger partial charge is 0.338 e. The summed E-state index contributed by atoms with van der Waals surface area (Å²) < 4.78 is 41.3. The number of fused-ring (bicyclic) bond motifs is 1. The zero-order chi connectivity index (χ0) is 32.6. The molecule has 0 saturated carbocycles. The Morgan fingerprint density at radius 3 is 2.63 bits per heavy atom. The predicted octanol–water partition coefficient (Wildman–Crippen LogP) is 4.36. The van der Waals surface area contributed by atoms with Crippen LogP contribution in [0.3, 0.4) is 0 Å². The van der Waals surface area contributed by atoms with Crippen LogP contribution >= 0.6 is 11.3 Å². The monoisotopic (exact) mass is 649 g/mol. The Hall–Kier alpha value is -4.49. The number of hydrogen-bond acceptors (Lipinski definition) is 10. The Morgan fingerprint density at radius 2 is 1.93 bits per heavy atom. The van der Waals surface area contributed by atoms with Crippen molar-refractivity contribution >= 4 is 40.7 Å². The van der Waals surface area contributed by atoms with E-state index in [1.807, 2.05) is 10.3 Å². The quantitative estimate of drug-likeness (QED) is 0.359. The van der Waals surface area contributed by atoms with Crippen LogP contribution in [0, 0.1) is 18.7 Å². The molecule has 2 aromatic carbocycles. The number of nitrogens with zero attached hydrogens (tertiary/aromatic N) is 4. The molecule has 0 aliphatic carbocycles. The molecule has 2 saturated heterocycles. The second-order valence-electron chi connectivity index (χ2n) is 11.4. The van der Waals surface area contributed by atoms with Gasteiger partial charge in [0.05, 0.1) is 24.9 Å². The third-order valence-corrected chi connectivity index (χ3v) is 9.54. The Morgan fingerprint density at radius 1 is 1.15 bits per heavy atom. The summed E-state index contributed by atoms with van der Waals surface area (Å²) in [6, 6.07) is 10.1. The zero-order valence-corrected chi connectivity index (χ0v) is 26.4. The number of alkyl halides is 1. The van der Waals surface area contributed by atoms with E-state index in [2.05, 4.69) is 10.3 Å². The highest BCUT2D eigenvalue weighted by molar-refractivity contribution is 7.11. The number of anilines is 1. The molecule has 3 aromatic rings. The molecule has 10 nitrogen and oxygen atoms in total. The highest BCUT2D eigenvalue weighted by Crippen LogP contribution is 2.42. The van der Waals surface area contributed by atoms with Crippen LogP contribution in [0.4, 0.5) is 14.5 Å². The number of methoxy groups -OCH3 is 1. The average molecular weight is 650 g/mol. The Kier molecular flexibility index (Phi) is 8.71. The van der Waals surface area contributed by atoms with Crippen molar-refractivity contribution in [1.29, 1.82) is 0 Å². The number of halogens is 2. The van der Waals surface area contributed by atoms with Gasteiger partial charge in [0.15, 0.2) is 16.5 Å². The van der Waals surface area contributed by atoms with Gasteiger partial charge < -0.3 is 19.7 Å². The summed E-state index contributed by atoms with van der Waals surface area (Å²) in [7, 11) is 1.29. The van der Waals surface area contributed by atoms with Crippen LogP contribution < -0.4 is 10.2 Å². The lowest BCUT2D eigenvalue weighted by molar-refractivity contribution is -0.139. The molecule has 1 aromatic heterocycles. The summed E-state index contributed by atoms with van der Waals surface area (Å²) in [5.74, 6) is -2.33. The van der Waals surface area contributed by atoms with Gasteiger partial charge in [-0.1, -0.05) is 12.1 Å². The van der Waals surface area contributed by atoms with Crippen LogP contribution in [0.5, 0.6) is 0 Å². The van der Waals surface area contributed by atoms with Crippen molar-refractivity contribution in [2.75, 3.05) is 44.8 Å². The molecule has 1 N–H and O–H groups in total. The van der Waals surface area contributed by atoms with E-state index in [-0.39, 0.29) is 44.8 Å². The van der Waals surface area contributed by atoms with E-state index in [0.29, 0.717) is 38.9 Å². The molecule has 2 fully saturated rings. The van der Waals surface area contributed by atoms with E-state index < -0.39 is 41.3 Å². The number of amidine groups is 1. The number of carbonyl (C=O) groups excluding carboxylic acids is 3. The van der Waals surface area contributed by atoms with Gasteiger partial charge in [0.25, 0.3) is 5.91 Å². The van der Waals surface area contributed by atoms with E-state index in [0.717, 1.165) is 0 Å². The van der Waals surface area contributed by atoms with Crippen molar-refractivity contribution < 1.29 is 32.6 Å². The molecule has 3 aliphatic rings. The molecular formula is C33H33F2N5O5S. The first-order valence-corrected chi connectivity index (χ1v) is 15.8. The summed E-state index contributed by atoms with van der Waals surface area (Å²) in [6.45, 7) is 4.33. The molecule has 3 aliphatic heterocycles. The van der Waals surface area contributed by atoms with Crippen molar-refractivity contribution in [2.45, 2.75) is 32.0 Å². The number of carbonyl (C=O) groups is 3. The van der Waals surface area contributed by atoms with Gasteiger partial charge in [-0.15, -0.1) is 11.3 Å². The number of piperidine rings is 1. The normalized spacial score (nSPS) is 23.1. The fourth-order valence-electron chi connectivity index (χ4n) is 6.33. The number of aromatic nitrogens is 1. The van der Waals surface area contributed by atoms with Crippen LogP contribution in [0.2, 0.25) is 0 Å². The Labute approximate surface area is 268 Å². The first-order valence-electron chi connectivity index (χ1n) is 15.0. The van der Waals surface area contributed by atoms with E-state index in [1.54, 1.807) is 56.4 Å². The van der Waals surface area contributed by atoms with Crippen molar-refractivity contribution in [3.8, 4) is 0 Å². The highest BCUT2D eigenvalue weighted by Gasteiger charge is 2.57. The van der Waals surface area contributed by atoms with E-state index in [4.69, 9.17) is 14.5 Å². The van der Waals surface area contributed by atoms with Crippen LogP contribution in [-0.2, 0) is 19.1 Å². The Balaban J connectivity index is 1.31. The third-order valence-electron chi connectivity index (χ3n) is 8.76. The average Bonchev–Trinajstić information content (AvgIpc) is 3.69. The zero-order valence-electron chi connectivity index (χ0n) is 25.6. The molecule has 0 bridgehead atoms. The van der Waals surface area contributed by atoms with Gasteiger partial charge in [-0.05, 0) is 55.3 Å². The van der Waals surface area contributed by atoms with Gasteiger partial charge in [0, 0.05) is 61.5 Å². The number of esters is 2. The molecule has 46 heavy (non-hydrogen) atoms. The maximum absolute atomic E-state index is 16.4. The van der Waals surface area contributed by atoms with Crippen molar-refractivity contribution in [1.82, 2.24) is 15.2 Å². The highest BCUT2D eigenvalue weighted by atomic mass is 32.1. The molecule has 1 amide bonds. The predicted molar refractivity (Wildman–Crippen MR) is 168 cm³/mol. The second-order valence-corrected chi connectivity index (χ2v) is 12.3. The molecular weight excluding hydrogens is 616 g/mol. The van der Waals surface area contributed by atoms with Gasteiger partial charge in [-0.25, -0.2) is 23.4 Å². The van der Waals surface area contributed by atoms with Crippen molar-refractivity contribution in [3.05, 3.63) is 92.8 Å². The molecule has 0 spiro atoms. The second kappa shape index (κ2) is 12.7. The number of thiazole rings is 1. The summed E-state index contributed by atoms with van der Waals surface area (Å²) >= 11 is 1.37. The SMILES string of the molecule is CCOC(=O)C1=C(CN2CC[C@@]3(F)C(=O)N(c4ccc(C(=O)OC)cc4)C[C@H]3C2)NC(c2nccs2)=N[C@H]1c1cccc(F)c1C. The molecule has 6 rings (SSSR count). The number of amides is 1. The summed E-state index contributed by atoms with van der Waals surface area (Å²) in [5.41, 5.74) is 0.393. The van der Waals surface area contributed by atoms with Crippen molar-refractivity contribution in [3.63, 3.8) is 0 Å². The molecule has 240 valence electrons. The largest absolute Gasteiger partial charge is 0.465 e. The fourth-order valence-corrected chi connectivity index (χ4v) is 6.92. The van der Waals surface area contributed by atoms with Crippen LogP contribution in [0.15, 0.2) is 70.3 Å². The number of likely N-dealkylation sites (tertiary alicyclic amines) is 1. The molecule has 13 heteroatoms. The standard InChI is InChI=1S/C33H33F2N5O5S/c1-4-45-31(42)26-25(37-28(29-36-13-15-46-29)38-27(26)23-6-5-7-24(34)19(23)2)18-39-14-12-33(35)21(16-39)17-40(32(33)43)22-10-8-20(9-11-22)30(41)44-3/h5-11,13,15,21,27H,4,12,14,16-18H2,1-3H3,(H,37,38)/t21-,27+,33+/m1/s1. The lowest BCUT2D eigenvalue weighted by atomic mass is 9.84. The van der Waals surface area contributed by atoms with Crippen molar-refractivity contribution in [2.24, 2.45) is 10.9 Å². The van der Waals surface area contributed by atoms with Crippen LogP contribution in [0.25, 0.3) is 0 Å². The summed E-state index contributed by atoms with van der Waals surface area (Å²) in [5, 5.41) is 5.69. The maximum atomic E-state index is 16.4. The molecule has 3 atom stereocenters. The number of benzene rings is 2. The first kappa shape index (κ1) is 31.5. The minimum Gasteiger partial charge on any atom is -0.465 e. The Bertz CT molecular complexity index is 1730. The molecule has 4 heterocycles. The maximum Gasteiger partial charge on any atom is 0.338 e. The summed E-state index contributed by atoms with van der Waals surface area (Å²) in [6.07, 6.45) is 1.61. The van der Waals surface area contributed by atoms with Crippen LogP contribution in [-0.4, -0.2) is 79.1 Å². The number of hydrogen-bond donors (Lipinski definition) is 1. The first-order chi connectivity index (χ1) is 22.1. The fraction of sp³-hybridized carbons (Fsp3) is 0.364. The van der Waals surface area contributed by atoms with E-state index in [1.165, 1.54) is 29.4 Å². The number of aliphatic imine (C=N–C) groups is 1. The minimum absolute atomic E-state index is 0.0326. The van der Waals surface area contributed by atoms with Crippen LogP contribution in [0.1, 0.15) is 45.9 Å². The third kappa shape index (κ3) is 5.69. The summed E-state index contributed by atoms with van der Waals surface area (Å²) in [4.78, 5) is 51.4. The number of nitrogens with one attached hydrogen (secondary N) is 1. The van der Waals surface area contributed by atoms with Gasteiger partial charge in [-0.2, -0.15) is 0 Å². The molecule has 0 unspecified atom stereocenters. The van der Waals surface area contributed by atoms with Gasteiger partial charge in [0.1, 0.15) is 11.9 Å². The lowest BCUT2D eigenvalue weighted by Crippen LogP contribution is -2.52. The number of ether oxygens (including phenoxy) is 2. The topological polar surface area (TPSA) is 113 Å². The lowest BCUT2D eigenvalue weighted by Gasteiger charge is -2.38. The van der Waals surface area contributed by atoms with E-state index >= 15 is 4.39 Å². The number of rotatable bonds is 8. The van der Waals surface area contributed by atoms with Gasteiger partial charge >= 0.3 is 11.9 Å². The van der Waals surface area contributed by atoms with Gasteiger partial charge in [0.2, 0.25) is 0 Å². The molecule has 0 radical (unpaired) electrons.